The van der Waals surface area contributed by atoms with Crippen LogP contribution in [0.3, 0.4) is 0 Å². The van der Waals surface area contributed by atoms with Gasteiger partial charge in [-0.1, -0.05) is 19.9 Å². The van der Waals surface area contributed by atoms with Crippen LogP contribution in [0, 0.1) is 12.8 Å². The van der Waals surface area contributed by atoms with E-state index >= 15 is 0 Å². The van der Waals surface area contributed by atoms with Gasteiger partial charge in [-0.2, -0.15) is 0 Å². The van der Waals surface area contributed by atoms with Crippen LogP contribution in [0.15, 0.2) is 23.7 Å². The molecular weight excluding hydrogens is 306 g/mol. The Hall–Kier alpha value is -1.73. The van der Waals surface area contributed by atoms with Crippen molar-refractivity contribution in [2.75, 3.05) is 5.32 Å². The van der Waals surface area contributed by atoms with Crippen molar-refractivity contribution in [1.82, 2.24) is 10.3 Å². The molecule has 5 nitrogen and oxygen atoms in total. The van der Waals surface area contributed by atoms with Gasteiger partial charge in [0, 0.05) is 11.1 Å². The van der Waals surface area contributed by atoms with E-state index in [1.807, 2.05) is 32.2 Å². The van der Waals surface area contributed by atoms with Crippen molar-refractivity contribution in [3.8, 4) is 0 Å². The molecule has 0 aliphatic carbocycles. The number of anilines is 1. The summed E-state index contributed by atoms with van der Waals surface area (Å²) in [5, 5.41) is 7.91. The second kappa shape index (κ2) is 6.82. The fraction of sp³-hybridized carbons (Fsp3) is 0.357. The molecule has 0 aliphatic rings. The van der Waals surface area contributed by atoms with Crippen molar-refractivity contribution in [2.45, 2.75) is 26.8 Å². The molecule has 2 rings (SSSR count). The van der Waals surface area contributed by atoms with E-state index in [0.29, 0.717) is 10.0 Å². The molecule has 2 heterocycles. The quantitative estimate of drug-likeness (QED) is 0.889. The number of aromatic nitrogens is 1. The molecule has 0 saturated heterocycles. The van der Waals surface area contributed by atoms with Gasteiger partial charge in [0.15, 0.2) is 5.13 Å². The summed E-state index contributed by atoms with van der Waals surface area (Å²) < 4.78 is 0. The third kappa shape index (κ3) is 4.12. The number of carbonyl (C=O) groups is 2. The molecule has 2 N–H and O–H groups in total. The van der Waals surface area contributed by atoms with E-state index in [2.05, 4.69) is 15.6 Å². The maximum atomic E-state index is 12.3. The minimum atomic E-state index is -0.594. The first kappa shape index (κ1) is 15.7. The Morgan fingerprint density at radius 2 is 2.10 bits per heavy atom. The summed E-state index contributed by atoms with van der Waals surface area (Å²) in [4.78, 5) is 30.1. The summed E-state index contributed by atoms with van der Waals surface area (Å²) in [6, 6.07) is 2.95. The van der Waals surface area contributed by atoms with Crippen LogP contribution in [-0.4, -0.2) is 22.8 Å². The Labute approximate surface area is 131 Å². The number of carbonyl (C=O) groups excluding carboxylic acids is 2. The van der Waals surface area contributed by atoms with E-state index in [-0.39, 0.29) is 17.7 Å². The number of nitrogens with one attached hydrogen (secondary N) is 2. The molecule has 0 bridgehead atoms. The second-order valence-electron chi connectivity index (χ2n) is 4.94. The average molecular weight is 323 g/mol. The number of rotatable bonds is 5. The first-order valence-corrected chi connectivity index (χ1v) is 8.24. The predicted octanol–water partition coefficient (Wildman–Crippen LogP) is 2.91. The maximum Gasteiger partial charge on any atom is 0.262 e. The summed E-state index contributed by atoms with van der Waals surface area (Å²) in [5.41, 5.74) is 0. The highest BCUT2D eigenvalue weighted by Gasteiger charge is 2.25. The van der Waals surface area contributed by atoms with Crippen LogP contribution in [0.2, 0.25) is 0 Å². The van der Waals surface area contributed by atoms with Crippen molar-refractivity contribution in [3.63, 3.8) is 0 Å². The molecule has 1 atom stereocenters. The van der Waals surface area contributed by atoms with Crippen LogP contribution in [0.25, 0.3) is 0 Å². The lowest BCUT2D eigenvalue weighted by Crippen LogP contribution is -2.46. The zero-order valence-electron chi connectivity index (χ0n) is 12.0. The lowest BCUT2D eigenvalue weighted by Gasteiger charge is -2.20. The van der Waals surface area contributed by atoms with E-state index in [0.717, 1.165) is 4.88 Å². The van der Waals surface area contributed by atoms with E-state index in [9.17, 15) is 9.59 Å². The van der Waals surface area contributed by atoms with Crippen LogP contribution >= 0.6 is 22.7 Å². The molecule has 0 radical (unpaired) electrons. The molecule has 0 aromatic carbocycles. The molecule has 0 fully saturated rings. The Kier molecular flexibility index (Phi) is 5.08. The fourth-order valence-electron chi connectivity index (χ4n) is 1.75. The van der Waals surface area contributed by atoms with Gasteiger partial charge in [0.2, 0.25) is 5.91 Å². The highest BCUT2D eigenvalue weighted by molar-refractivity contribution is 7.15. The van der Waals surface area contributed by atoms with Gasteiger partial charge in [-0.15, -0.1) is 22.7 Å². The van der Waals surface area contributed by atoms with Crippen LogP contribution in [0.4, 0.5) is 5.13 Å². The van der Waals surface area contributed by atoms with Gasteiger partial charge in [0.1, 0.15) is 6.04 Å². The standard InChI is InChI=1S/C14H17N3O2S2/c1-8(2)11(16-12(18)10-5-4-6-20-10)13(19)17-14-15-7-9(3)21-14/h4-8,11H,1-3H3,(H,16,18)(H,15,17,19). The van der Waals surface area contributed by atoms with Gasteiger partial charge >= 0.3 is 0 Å². The van der Waals surface area contributed by atoms with Crippen LogP contribution in [0.5, 0.6) is 0 Å². The van der Waals surface area contributed by atoms with E-state index in [4.69, 9.17) is 0 Å². The first-order valence-electron chi connectivity index (χ1n) is 6.55. The van der Waals surface area contributed by atoms with E-state index < -0.39 is 6.04 Å². The molecule has 0 aliphatic heterocycles. The van der Waals surface area contributed by atoms with Gasteiger partial charge in [-0.25, -0.2) is 4.98 Å². The molecule has 0 saturated carbocycles. The van der Waals surface area contributed by atoms with Crippen LogP contribution < -0.4 is 10.6 Å². The molecule has 2 aromatic heterocycles. The normalized spacial score (nSPS) is 12.2. The molecule has 2 amide bonds. The third-order valence-electron chi connectivity index (χ3n) is 2.83. The van der Waals surface area contributed by atoms with Gasteiger partial charge in [0.25, 0.3) is 5.91 Å². The number of amides is 2. The number of nitrogens with zero attached hydrogens (tertiary/aromatic N) is 1. The van der Waals surface area contributed by atoms with Crippen LogP contribution in [0.1, 0.15) is 28.4 Å². The van der Waals surface area contributed by atoms with Crippen molar-refractivity contribution in [1.29, 1.82) is 0 Å². The van der Waals surface area contributed by atoms with Crippen molar-refractivity contribution < 1.29 is 9.59 Å². The van der Waals surface area contributed by atoms with Gasteiger partial charge in [0.05, 0.1) is 4.88 Å². The largest absolute Gasteiger partial charge is 0.339 e. The monoisotopic (exact) mass is 323 g/mol. The number of thiazole rings is 1. The smallest absolute Gasteiger partial charge is 0.262 e. The summed E-state index contributed by atoms with van der Waals surface area (Å²) in [7, 11) is 0. The topological polar surface area (TPSA) is 71.1 Å². The minimum absolute atomic E-state index is 0.0185. The molecule has 1 unspecified atom stereocenters. The molecule has 0 spiro atoms. The van der Waals surface area contributed by atoms with E-state index in [1.54, 1.807) is 12.3 Å². The minimum Gasteiger partial charge on any atom is -0.339 e. The van der Waals surface area contributed by atoms with Crippen molar-refractivity contribution in [3.05, 3.63) is 33.5 Å². The Bertz CT molecular complexity index is 620. The van der Waals surface area contributed by atoms with E-state index in [1.165, 1.54) is 22.7 Å². The number of hydrogen-bond donors (Lipinski definition) is 2. The second-order valence-corrected chi connectivity index (χ2v) is 7.12. The molecule has 7 heteroatoms. The maximum absolute atomic E-state index is 12.3. The third-order valence-corrected chi connectivity index (χ3v) is 4.53. The van der Waals surface area contributed by atoms with Gasteiger partial charge in [-0.3, -0.25) is 9.59 Å². The summed E-state index contributed by atoms with van der Waals surface area (Å²) in [5.74, 6) is -0.492. The zero-order chi connectivity index (χ0) is 15.4. The number of hydrogen-bond acceptors (Lipinski definition) is 5. The lowest BCUT2D eigenvalue weighted by molar-refractivity contribution is -0.118. The summed E-state index contributed by atoms with van der Waals surface area (Å²) in [6.07, 6.45) is 1.70. The number of aryl methyl sites for hydroxylation is 1. The Morgan fingerprint density at radius 1 is 1.33 bits per heavy atom. The van der Waals surface area contributed by atoms with Gasteiger partial charge < -0.3 is 10.6 Å². The predicted molar refractivity (Wildman–Crippen MR) is 85.9 cm³/mol. The lowest BCUT2D eigenvalue weighted by atomic mass is 10.0. The van der Waals surface area contributed by atoms with Gasteiger partial charge in [-0.05, 0) is 24.3 Å². The highest BCUT2D eigenvalue weighted by atomic mass is 32.1. The zero-order valence-corrected chi connectivity index (χ0v) is 13.7. The Balaban J connectivity index is 2.04. The van der Waals surface area contributed by atoms with Crippen LogP contribution in [-0.2, 0) is 4.79 Å². The fourth-order valence-corrected chi connectivity index (χ4v) is 3.05. The SMILES string of the molecule is Cc1cnc(NC(=O)C(NC(=O)c2cccs2)C(C)C)s1. The molecule has 112 valence electrons. The number of thiophene rings is 1. The van der Waals surface area contributed by atoms with Crippen molar-refractivity contribution in [2.24, 2.45) is 5.92 Å². The first-order chi connectivity index (χ1) is 9.97. The molecule has 2 aromatic rings. The Morgan fingerprint density at radius 3 is 2.62 bits per heavy atom. The summed E-state index contributed by atoms with van der Waals surface area (Å²) in [6.45, 7) is 5.71. The molecule has 21 heavy (non-hydrogen) atoms. The summed E-state index contributed by atoms with van der Waals surface area (Å²) >= 11 is 2.76. The highest BCUT2D eigenvalue weighted by Crippen LogP contribution is 2.18. The van der Waals surface area contributed by atoms with Crippen molar-refractivity contribution >= 4 is 39.6 Å². The average Bonchev–Trinajstić information content (AvgIpc) is 3.06. The molecular formula is C14H17N3O2S2.